The van der Waals surface area contributed by atoms with Gasteiger partial charge in [-0.1, -0.05) is 18.2 Å². The van der Waals surface area contributed by atoms with E-state index in [0.29, 0.717) is 32.8 Å². The molecule has 6 heteroatoms. The Kier molecular flexibility index (Phi) is 5.08. The molecule has 0 radical (unpaired) electrons. The second kappa shape index (κ2) is 7.27. The highest BCUT2D eigenvalue weighted by molar-refractivity contribution is 6.04. The number of nitrogens with one attached hydrogen (secondary N) is 2. The van der Waals surface area contributed by atoms with Crippen LogP contribution >= 0.6 is 0 Å². The number of H-pyrrole nitrogens is 1. The van der Waals surface area contributed by atoms with E-state index >= 15 is 0 Å². The summed E-state index contributed by atoms with van der Waals surface area (Å²) in [6.45, 7) is 6.03. The lowest BCUT2D eigenvalue weighted by Crippen LogP contribution is -2.52. The van der Waals surface area contributed by atoms with Crippen molar-refractivity contribution in [2.75, 3.05) is 32.8 Å². The maximum absolute atomic E-state index is 12.6. The summed E-state index contributed by atoms with van der Waals surface area (Å²) in [5, 5.41) is 4.08. The standard InChI is InChI=1S/C19H25N3O3/c1-19(2,18(24)22-9-11-25-12-10-22)17(23)20-8-7-14-13-21-16-6-4-3-5-15(14)16/h3-6,13,21H,7-12H2,1-2H3,(H,20,23). The third-order valence-corrected chi connectivity index (χ3v) is 4.76. The maximum Gasteiger partial charge on any atom is 0.237 e. The van der Waals surface area contributed by atoms with Crippen LogP contribution in [0, 0.1) is 5.41 Å². The second-order valence-electron chi connectivity index (χ2n) is 6.89. The molecule has 0 aliphatic carbocycles. The number of morpholine rings is 1. The van der Waals surface area contributed by atoms with Gasteiger partial charge in [0.1, 0.15) is 5.41 Å². The third-order valence-electron chi connectivity index (χ3n) is 4.76. The normalized spacial score (nSPS) is 15.4. The van der Waals surface area contributed by atoms with E-state index in [2.05, 4.69) is 16.4 Å². The molecule has 1 fully saturated rings. The second-order valence-corrected chi connectivity index (χ2v) is 6.89. The van der Waals surface area contributed by atoms with Crippen molar-refractivity contribution in [2.45, 2.75) is 20.3 Å². The van der Waals surface area contributed by atoms with E-state index in [1.54, 1.807) is 18.7 Å². The van der Waals surface area contributed by atoms with Gasteiger partial charge in [0.25, 0.3) is 0 Å². The van der Waals surface area contributed by atoms with E-state index in [0.717, 1.165) is 17.5 Å². The van der Waals surface area contributed by atoms with Crippen molar-refractivity contribution >= 4 is 22.7 Å². The number of rotatable bonds is 5. The van der Waals surface area contributed by atoms with E-state index in [9.17, 15) is 9.59 Å². The van der Waals surface area contributed by atoms with Crippen LogP contribution in [0.5, 0.6) is 0 Å². The monoisotopic (exact) mass is 343 g/mol. The number of amides is 2. The van der Waals surface area contributed by atoms with E-state index in [4.69, 9.17) is 4.74 Å². The molecular formula is C19H25N3O3. The van der Waals surface area contributed by atoms with Crippen molar-refractivity contribution < 1.29 is 14.3 Å². The van der Waals surface area contributed by atoms with Crippen molar-refractivity contribution in [3.05, 3.63) is 36.0 Å². The first-order valence-electron chi connectivity index (χ1n) is 8.70. The molecule has 1 aromatic heterocycles. The topological polar surface area (TPSA) is 74.4 Å². The van der Waals surface area contributed by atoms with Crippen molar-refractivity contribution in [1.82, 2.24) is 15.2 Å². The average Bonchev–Trinajstić information content (AvgIpc) is 3.05. The largest absolute Gasteiger partial charge is 0.378 e. The fourth-order valence-electron chi connectivity index (χ4n) is 3.13. The highest BCUT2D eigenvalue weighted by atomic mass is 16.5. The number of hydrogen-bond acceptors (Lipinski definition) is 3. The van der Waals surface area contributed by atoms with Crippen LogP contribution in [0.3, 0.4) is 0 Å². The minimum atomic E-state index is -1.07. The molecule has 25 heavy (non-hydrogen) atoms. The molecule has 1 aliphatic rings. The van der Waals surface area contributed by atoms with Gasteiger partial charge < -0.3 is 19.9 Å². The van der Waals surface area contributed by atoms with Gasteiger partial charge in [-0.05, 0) is 31.9 Å². The lowest BCUT2D eigenvalue weighted by molar-refractivity contribution is -0.151. The molecule has 0 spiro atoms. The first-order valence-corrected chi connectivity index (χ1v) is 8.70. The number of benzene rings is 1. The van der Waals surface area contributed by atoms with Crippen LogP contribution in [-0.4, -0.2) is 54.5 Å². The van der Waals surface area contributed by atoms with Crippen LogP contribution < -0.4 is 5.32 Å². The van der Waals surface area contributed by atoms with Gasteiger partial charge in [0.05, 0.1) is 13.2 Å². The summed E-state index contributed by atoms with van der Waals surface area (Å²) < 4.78 is 5.27. The molecule has 1 saturated heterocycles. The van der Waals surface area contributed by atoms with Crippen LogP contribution in [0.4, 0.5) is 0 Å². The van der Waals surface area contributed by atoms with E-state index in [-0.39, 0.29) is 11.8 Å². The van der Waals surface area contributed by atoms with Gasteiger partial charge >= 0.3 is 0 Å². The van der Waals surface area contributed by atoms with Gasteiger partial charge in [0, 0.05) is 36.7 Å². The Morgan fingerprint density at radius 2 is 1.96 bits per heavy atom. The van der Waals surface area contributed by atoms with Gasteiger partial charge in [-0.15, -0.1) is 0 Å². The quantitative estimate of drug-likeness (QED) is 0.812. The minimum absolute atomic E-state index is 0.139. The number of hydrogen-bond donors (Lipinski definition) is 2. The van der Waals surface area contributed by atoms with Crippen LogP contribution in [0.1, 0.15) is 19.4 Å². The lowest BCUT2D eigenvalue weighted by atomic mass is 9.90. The van der Waals surface area contributed by atoms with Crippen LogP contribution in [0.2, 0.25) is 0 Å². The average molecular weight is 343 g/mol. The predicted octanol–water partition coefficient (Wildman–Crippen LogP) is 1.71. The molecule has 6 nitrogen and oxygen atoms in total. The fraction of sp³-hybridized carbons (Fsp3) is 0.474. The Morgan fingerprint density at radius 1 is 1.24 bits per heavy atom. The highest BCUT2D eigenvalue weighted by Gasteiger charge is 2.39. The van der Waals surface area contributed by atoms with Crippen LogP contribution in [-0.2, 0) is 20.7 Å². The lowest BCUT2D eigenvalue weighted by Gasteiger charge is -2.33. The van der Waals surface area contributed by atoms with Gasteiger partial charge in [0.15, 0.2) is 0 Å². The van der Waals surface area contributed by atoms with Gasteiger partial charge in [-0.25, -0.2) is 0 Å². The summed E-state index contributed by atoms with van der Waals surface area (Å²) in [6.07, 6.45) is 2.69. The molecule has 134 valence electrons. The molecule has 1 aliphatic heterocycles. The Hall–Kier alpha value is -2.34. The molecule has 3 rings (SSSR count). The molecule has 2 N–H and O–H groups in total. The molecule has 2 amide bonds. The SMILES string of the molecule is CC(C)(C(=O)NCCc1c[nH]c2ccccc12)C(=O)N1CCOCC1. The summed E-state index contributed by atoms with van der Waals surface area (Å²) in [7, 11) is 0. The number of ether oxygens (including phenoxy) is 1. The third kappa shape index (κ3) is 3.69. The van der Waals surface area contributed by atoms with Crippen molar-refractivity contribution in [1.29, 1.82) is 0 Å². The summed E-state index contributed by atoms with van der Waals surface area (Å²) in [6, 6.07) is 8.09. The molecular weight excluding hydrogens is 318 g/mol. The number of para-hydroxylation sites is 1. The maximum atomic E-state index is 12.6. The Morgan fingerprint density at radius 3 is 2.72 bits per heavy atom. The van der Waals surface area contributed by atoms with Gasteiger partial charge in [-0.3, -0.25) is 9.59 Å². The number of aromatic nitrogens is 1. The van der Waals surface area contributed by atoms with Crippen LogP contribution in [0.15, 0.2) is 30.5 Å². The van der Waals surface area contributed by atoms with E-state index in [1.807, 2.05) is 24.4 Å². The fourth-order valence-corrected chi connectivity index (χ4v) is 3.13. The number of nitrogens with zero attached hydrogens (tertiary/aromatic N) is 1. The van der Waals surface area contributed by atoms with Crippen molar-refractivity contribution in [2.24, 2.45) is 5.41 Å². The summed E-state index contributed by atoms with van der Waals surface area (Å²) >= 11 is 0. The number of carbonyl (C=O) groups excluding carboxylic acids is 2. The van der Waals surface area contributed by atoms with Gasteiger partial charge in [0.2, 0.25) is 11.8 Å². The van der Waals surface area contributed by atoms with Crippen molar-refractivity contribution in [3.63, 3.8) is 0 Å². The van der Waals surface area contributed by atoms with E-state index < -0.39 is 5.41 Å². The van der Waals surface area contributed by atoms with Crippen LogP contribution in [0.25, 0.3) is 10.9 Å². The summed E-state index contributed by atoms with van der Waals surface area (Å²) in [4.78, 5) is 30.1. The first kappa shape index (κ1) is 17.5. The minimum Gasteiger partial charge on any atom is -0.378 e. The zero-order valence-electron chi connectivity index (χ0n) is 14.8. The highest BCUT2D eigenvalue weighted by Crippen LogP contribution is 2.21. The molecule has 0 unspecified atom stereocenters. The molecule has 1 aromatic carbocycles. The Balaban J connectivity index is 1.56. The van der Waals surface area contributed by atoms with E-state index in [1.165, 1.54) is 5.39 Å². The van der Waals surface area contributed by atoms with Crippen molar-refractivity contribution in [3.8, 4) is 0 Å². The number of fused-ring (bicyclic) bond motifs is 1. The molecule has 2 aromatic rings. The van der Waals surface area contributed by atoms with Gasteiger partial charge in [-0.2, -0.15) is 0 Å². The zero-order valence-corrected chi connectivity index (χ0v) is 14.8. The number of aromatic amines is 1. The predicted molar refractivity (Wildman–Crippen MR) is 96.2 cm³/mol. The molecule has 0 atom stereocenters. The Labute approximate surface area is 147 Å². The summed E-state index contributed by atoms with van der Waals surface area (Å²) in [5.41, 5.74) is 1.18. The summed E-state index contributed by atoms with van der Waals surface area (Å²) in [5.74, 6) is -0.371. The number of carbonyl (C=O) groups is 2. The first-order chi connectivity index (χ1) is 12.0. The molecule has 2 heterocycles. The Bertz CT molecular complexity index is 760. The smallest absolute Gasteiger partial charge is 0.237 e. The molecule has 0 bridgehead atoms. The zero-order chi connectivity index (χ0) is 17.9. The molecule has 0 saturated carbocycles.